The predicted octanol–water partition coefficient (Wildman–Crippen LogP) is 3.87. The number of benzene rings is 1. The first-order valence-electron chi connectivity index (χ1n) is 8.57. The topological polar surface area (TPSA) is 102 Å². The van der Waals surface area contributed by atoms with Crippen LogP contribution in [0.25, 0.3) is 11.0 Å². The number of halogens is 1. The number of amides is 2. The van der Waals surface area contributed by atoms with Crippen molar-refractivity contribution in [2.75, 3.05) is 18.4 Å². The van der Waals surface area contributed by atoms with E-state index in [0.717, 1.165) is 13.1 Å². The molecule has 8 heteroatoms. The monoisotopic (exact) mass is 389 g/mol. The van der Waals surface area contributed by atoms with Crippen LogP contribution in [0, 0.1) is 0 Å². The number of fused-ring (bicyclic) bond motifs is 1. The molecule has 0 saturated carbocycles. The van der Waals surface area contributed by atoms with Gasteiger partial charge in [-0.1, -0.05) is 25.4 Å². The number of primary amides is 1. The van der Waals surface area contributed by atoms with Crippen LogP contribution in [0.4, 0.5) is 5.69 Å². The van der Waals surface area contributed by atoms with Gasteiger partial charge in [0.1, 0.15) is 17.0 Å². The molecule has 2 heterocycles. The molecule has 1 aromatic carbocycles. The molecule has 7 nitrogen and oxygen atoms in total. The predicted molar refractivity (Wildman–Crippen MR) is 103 cm³/mol. The second kappa shape index (κ2) is 7.85. The Morgan fingerprint density at radius 3 is 2.56 bits per heavy atom. The molecule has 2 aromatic heterocycles. The van der Waals surface area contributed by atoms with Gasteiger partial charge < -0.3 is 19.9 Å². The molecule has 0 radical (unpaired) electrons. The van der Waals surface area contributed by atoms with Crippen molar-refractivity contribution in [2.45, 2.75) is 20.4 Å². The average Bonchev–Trinajstić information content (AvgIpc) is 3.24. The third kappa shape index (κ3) is 3.99. The maximum Gasteiger partial charge on any atom is 0.291 e. The first-order chi connectivity index (χ1) is 12.9. The van der Waals surface area contributed by atoms with E-state index in [1.54, 1.807) is 30.3 Å². The molecule has 27 heavy (non-hydrogen) atoms. The van der Waals surface area contributed by atoms with Crippen LogP contribution in [0.2, 0.25) is 5.02 Å². The number of nitrogens with one attached hydrogen (secondary N) is 1. The molecule has 3 rings (SSSR count). The van der Waals surface area contributed by atoms with Crippen molar-refractivity contribution >= 4 is 40.1 Å². The smallest absolute Gasteiger partial charge is 0.291 e. The molecule has 0 saturated heterocycles. The second-order valence-electron chi connectivity index (χ2n) is 5.99. The van der Waals surface area contributed by atoms with Crippen LogP contribution < -0.4 is 11.1 Å². The zero-order valence-electron chi connectivity index (χ0n) is 15.0. The Labute approximate surface area is 161 Å². The summed E-state index contributed by atoms with van der Waals surface area (Å²) in [5.41, 5.74) is 5.92. The van der Waals surface area contributed by atoms with Gasteiger partial charge in [-0.15, -0.1) is 0 Å². The molecule has 3 N–H and O–H groups in total. The molecule has 0 aliphatic rings. The van der Waals surface area contributed by atoms with E-state index >= 15 is 0 Å². The van der Waals surface area contributed by atoms with Crippen LogP contribution in [0.1, 0.15) is 40.7 Å². The third-order valence-corrected chi connectivity index (χ3v) is 4.51. The van der Waals surface area contributed by atoms with Crippen molar-refractivity contribution in [3.63, 3.8) is 0 Å². The standard InChI is InChI=1S/C19H20ClN3O4/c1-3-23(4-2)10-12-6-8-14(26-12)19(25)22-16-13-7-5-11(20)9-15(13)27-17(16)18(21)24/h5-9H,3-4,10H2,1-2H3,(H2,21,24)(H,22,25). The summed E-state index contributed by atoms with van der Waals surface area (Å²) in [6, 6.07) is 8.19. The summed E-state index contributed by atoms with van der Waals surface area (Å²) in [6.07, 6.45) is 0. The van der Waals surface area contributed by atoms with Gasteiger partial charge in [-0.25, -0.2) is 0 Å². The molecule has 0 unspecified atom stereocenters. The van der Waals surface area contributed by atoms with E-state index in [1.165, 1.54) is 0 Å². The van der Waals surface area contributed by atoms with Gasteiger partial charge in [0.05, 0.1) is 6.54 Å². The number of carbonyl (C=O) groups is 2. The molecule has 0 atom stereocenters. The number of anilines is 1. The minimum atomic E-state index is -0.792. The number of hydrogen-bond acceptors (Lipinski definition) is 5. The molecule has 0 aliphatic carbocycles. The van der Waals surface area contributed by atoms with Gasteiger partial charge in [-0.05, 0) is 37.4 Å². The molecule has 0 fully saturated rings. The van der Waals surface area contributed by atoms with Crippen LogP contribution in [0.5, 0.6) is 0 Å². The van der Waals surface area contributed by atoms with Gasteiger partial charge in [-0.3, -0.25) is 14.5 Å². The number of carbonyl (C=O) groups excluding carboxylic acids is 2. The van der Waals surface area contributed by atoms with Gasteiger partial charge in [0, 0.05) is 16.5 Å². The maximum atomic E-state index is 12.6. The molecule has 2 amide bonds. The van der Waals surface area contributed by atoms with Crippen LogP contribution in [-0.4, -0.2) is 29.8 Å². The van der Waals surface area contributed by atoms with E-state index in [-0.39, 0.29) is 17.2 Å². The highest BCUT2D eigenvalue weighted by Crippen LogP contribution is 2.33. The third-order valence-electron chi connectivity index (χ3n) is 4.27. The molecular formula is C19H20ClN3O4. The minimum Gasteiger partial charge on any atom is -0.455 e. The fourth-order valence-electron chi connectivity index (χ4n) is 2.80. The zero-order chi connectivity index (χ0) is 19.6. The van der Waals surface area contributed by atoms with Crippen molar-refractivity contribution in [3.05, 3.63) is 52.6 Å². The molecule has 0 spiro atoms. The van der Waals surface area contributed by atoms with Gasteiger partial charge in [0.25, 0.3) is 11.8 Å². The number of hydrogen-bond donors (Lipinski definition) is 2. The van der Waals surface area contributed by atoms with Gasteiger partial charge in [0.15, 0.2) is 5.76 Å². The van der Waals surface area contributed by atoms with Crippen molar-refractivity contribution in [1.29, 1.82) is 0 Å². The van der Waals surface area contributed by atoms with E-state index in [1.807, 2.05) is 0 Å². The fraction of sp³-hybridized carbons (Fsp3) is 0.263. The fourth-order valence-corrected chi connectivity index (χ4v) is 2.96. The number of rotatable bonds is 7. The van der Waals surface area contributed by atoms with Crippen molar-refractivity contribution in [3.8, 4) is 0 Å². The Morgan fingerprint density at radius 1 is 1.15 bits per heavy atom. The lowest BCUT2D eigenvalue weighted by atomic mass is 10.2. The summed E-state index contributed by atoms with van der Waals surface area (Å²) < 4.78 is 11.1. The second-order valence-corrected chi connectivity index (χ2v) is 6.43. The zero-order valence-corrected chi connectivity index (χ0v) is 15.8. The summed E-state index contributed by atoms with van der Waals surface area (Å²) in [7, 11) is 0. The van der Waals surface area contributed by atoms with Crippen molar-refractivity contribution in [1.82, 2.24) is 4.90 Å². The van der Waals surface area contributed by atoms with E-state index in [0.29, 0.717) is 28.3 Å². The van der Waals surface area contributed by atoms with Gasteiger partial charge in [-0.2, -0.15) is 0 Å². The summed E-state index contributed by atoms with van der Waals surface area (Å²) in [5.74, 6) is -0.616. The highest BCUT2D eigenvalue weighted by atomic mass is 35.5. The van der Waals surface area contributed by atoms with Crippen LogP contribution in [0.15, 0.2) is 39.2 Å². The van der Waals surface area contributed by atoms with Crippen molar-refractivity contribution in [2.24, 2.45) is 5.73 Å². The lowest BCUT2D eigenvalue weighted by Crippen LogP contribution is -2.21. The average molecular weight is 390 g/mol. The number of furan rings is 2. The molecular weight excluding hydrogens is 370 g/mol. The van der Waals surface area contributed by atoms with Crippen molar-refractivity contribution < 1.29 is 18.4 Å². The lowest BCUT2D eigenvalue weighted by Gasteiger charge is -2.15. The van der Waals surface area contributed by atoms with Crippen LogP contribution >= 0.6 is 11.6 Å². The largest absolute Gasteiger partial charge is 0.455 e. The summed E-state index contributed by atoms with van der Waals surface area (Å²) in [5, 5.41) is 3.63. The van der Waals surface area contributed by atoms with E-state index in [2.05, 4.69) is 24.1 Å². The highest BCUT2D eigenvalue weighted by molar-refractivity contribution is 6.31. The molecule has 142 valence electrons. The first-order valence-corrected chi connectivity index (χ1v) is 8.95. The van der Waals surface area contributed by atoms with Gasteiger partial charge >= 0.3 is 0 Å². The Morgan fingerprint density at radius 2 is 1.89 bits per heavy atom. The molecule has 0 bridgehead atoms. The Bertz CT molecular complexity index is 988. The van der Waals surface area contributed by atoms with Crippen LogP contribution in [0.3, 0.4) is 0 Å². The Kier molecular flexibility index (Phi) is 5.53. The highest BCUT2D eigenvalue weighted by Gasteiger charge is 2.22. The Hall–Kier alpha value is -2.77. The quantitative estimate of drug-likeness (QED) is 0.638. The number of nitrogens with two attached hydrogens (primary N) is 1. The van der Waals surface area contributed by atoms with Crippen LogP contribution in [-0.2, 0) is 6.54 Å². The maximum absolute atomic E-state index is 12.6. The Balaban J connectivity index is 1.87. The summed E-state index contributed by atoms with van der Waals surface area (Å²) in [4.78, 5) is 26.5. The molecule has 0 aliphatic heterocycles. The summed E-state index contributed by atoms with van der Waals surface area (Å²) >= 11 is 5.95. The molecule has 3 aromatic rings. The van der Waals surface area contributed by atoms with E-state index in [9.17, 15) is 9.59 Å². The van der Waals surface area contributed by atoms with Gasteiger partial charge in [0.2, 0.25) is 5.76 Å². The lowest BCUT2D eigenvalue weighted by molar-refractivity contribution is 0.0977. The SMILES string of the molecule is CCN(CC)Cc1ccc(C(=O)Nc2c(C(N)=O)oc3cc(Cl)ccc23)o1. The normalized spacial score (nSPS) is 11.3. The number of nitrogens with zero attached hydrogens (tertiary/aromatic N) is 1. The van der Waals surface area contributed by atoms with E-state index in [4.69, 9.17) is 26.2 Å². The summed E-state index contributed by atoms with van der Waals surface area (Å²) in [6.45, 7) is 6.48. The minimum absolute atomic E-state index is 0.135. The van der Waals surface area contributed by atoms with E-state index < -0.39 is 11.8 Å². The first kappa shape index (κ1) is 19.0.